The average Bonchev–Trinajstić information content (AvgIpc) is 3.08. The highest BCUT2D eigenvalue weighted by Gasteiger charge is 2.55. The smallest absolute Gasteiger partial charge is 0.317 e. The van der Waals surface area contributed by atoms with Gasteiger partial charge in [0.15, 0.2) is 0 Å². The van der Waals surface area contributed by atoms with E-state index in [-0.39, 0.29) is 17.1 Å². The summed E-state index contributed by atoms with van der Waals surface area (Å²) < 4.78 is 0. The minimum Gasteiger partial charge on any atom is -0.317 e. The Bertz CT molecular complexity index is 1050. The molecule has 0 N–H and O–H groups in total. The van der Waals surface area contributed by atoms with Crippen molar-refractivity contribution in [1.82, 2.24) is 19.8 Å². The van der Waals surface area contributed by atoms with Gasteiger partial charge in [0.05, 0.1) is 12.1 Å². The first-order chi connectivity index (χ1) is 16.0. The van der Waals surface area contributed by atoms with Gasteiger partial charge in [-0.25, -0.2) is 14.8 Å². The number of nitrogens with zero attached hydrogens (tertiary/aromatic N) is 6. The third kappa shape index (κ3) is 3.67. The Hall–Kier alpha value is -2.98. The highest BCUT2D eigenvalue weighted by atomic mass is 16.2. The standard InChI is InChI=1S/C26H32N6O/c1-30(2)26(21-9-4-3-5-10-21)13-11-25(12-14-26)18-31(23-15-22(16-27)28-19-29-23)24(33)32(25)17-20-7-6-8-20/h3-5,9-10,15,19-20H,6-8,11-14,17-18H2,1-2H3/t25-,26+. The number of carbonyl (C=O) groups is 1. The van der Waals surface area contributed by atoms with Crippen molar-refractivity contribution in [3.8, 4) is 6.07 Å². The topological polar surface area (TPSA) is 76.4 Å². The molecule has 1 aliphatic heterocycles. The summed E-state index contributed by atoms with van der Waals surface area (Å²) in [6.45, 7) is 1.45. The van der Waals surface area contributed by atoms with Crippen LogP contribution in [0.25, 0.3) is 0 Å². The molecule has 2 heterocycles. The predicted octanol–water partition coefficient (Wildman–Crippen LogP) is 4.16. The first-order valence-corrected chi connectivity index (χ1v) is 12.0. The second kappa shape index (κ2) is 8.42. The zero-order chi connectivity index (χ0) is 23.1. The summed E-state index contributed by atoms with van der Waals surface area (Å²) in [5.74, 6) is 1.13. The van der Waals surface area contributed by atoms with Crippen molar-refractivity contribution in [3.63, 3.8) is 0 Å². The van der Waals surface area contributed by atoms with E-state index >= 15 is 0 Å². The molecule has 2 saturated carbocycles. The molecule has 1 spiro atoms. The van der Waals surface area contributed by atoms with E-state index in [9.17, 15) is 10.1 Å². The molecule has 7 heteroatoms. The number of carbonyl (C=O) groups excluding carboxylic acids is 1. The summed E-state index contributed by atoms with van der Waals surface area (Å²) in [4.78, 5) is 28.4. The maximum atomic E-state index is 13.7. The van der Waals surface area contributed by atoms with Crippen LogP contribution in [0, 0.1) is 17.2 Å². The van der Waals surface area contributed by atoms with Crippen LogP contribution >= 0.6 is 0 Å². The van der Waals surface area contributed by atoms with Crippen LogP contribution in [0.1, 0.15) is 56.2 Å². The molecule has 1 aromatic carbocycles. The lowest BCUT2D eigenvalue weighted by molar-refractivity contribution is 0.0172. The maximum absolute atomic E-state index is 13.7. The van der Waals surface area contributed by atoms with Crippen molar-refractivity contribution >= 4 is 11.8 Å². The van der Waals surface area contributed by atoms with E-state index < -0.39 is 0 Å². The predicted molar refractivity (Wildman–Crippen MR) is 127 cm³/mol. The van der Waals surface area contributed by atoms with Gasteiger partial charge in [-0.05, 0) is 64.1 Å². The SMILES string of the molecule is CN(C)[C@]1(c2ccccc2)CC[C@]2(CC1)CN(c1cc(C#N)ncn1)C(=O)N2CC1CCC1. The zero-order valence-electron chi connectivity index (χ0n) is 19.6. The molecule has 5 rings (SSSR count). The lowest BCUT2D eigenvalue weighted by Crippen LogP contribution is -2.56. The van der Waals surface area contributed by atoms with Gasteiger partial charge in [0.25, 0.3) is 0 Å². The van der Waals surface area contributed by atoms with Crippen LogP contribution in [-0.2, 0) is 5.54 Å². The molecule has 1 aromatic heterocycles. The summed E-state index contributed by atoms with van der Waals surface area (Å²) in [7, 11) is 4.35. The maximum Gasteiger partial charge on any atom is 0.326 e. The average molecular weight is 445 g/mol. The van der Waals surface area contributed by atoms with Gasteiger partial charge < -0.3 is 4.90 Å². The van der Waals surface area contributed by atoms with Gasteiger partial charge in [0.1, 0.15) is 23.9 Å². The largest absolute Gasteiger partial charge is 0.326 e. The molecule has 172 valence electrons. The van der Waals surface area contributed by atoms with Crippen molar-refractivity contribution in [3.05, 3.63) is 54.0 Å². The monoisotopic (exact) mass is 444 g/mol. The summed E-state index contributed by atoms with van der Waals surface area (Å²) in [6.07, 6.45) is 8.96. The molecule has 7 nitrogen and oxygen atoms in total. The first-order valence-electron chi connectivity index (χ1n) is 12.0. The van der Waals surface area contributed by atoms with Crippen molar-refractivity contribution in [2.45, 2.75) is 56.0 Å². The van der Waals surface area contributed by atoms with Gasteiger partial charge in [-0.1, -0.05) is 36.8 Å². The fraction of sp³-hybridized carbons (Fsp3) is 0.538. The van der Waals surface area contributed by atoms with E-state index in [4.69, 9.17) is 0 Å². The molecule has 3 aliphatic rings. The van der Waals surface area contributed by atoms with E-state index in [0.717, 1.165) is 32.2 Å². The van der Waals surface area contributed by atoms with Crippen LogP contribution in [0.2, 0.25) is 0 Å². The highest BCUT2D eigenvalue weighted by Crippen LogP contribution is 2.50. The molecule has 33 heavy (non-hydrogen) atoms. The summed E-state index contributed by atoms with van der Waals surface area (Å²) in [5, 5.41) is 9.28. The molecule has 0 unspecified atom stereocenters. The molecular weight excluding hydrogens is 412 g/mol. The number of amides is 2. The number of benzene rings is 1. The lowest BCUT2D eigenvalue weighted by atomic mass is 9.68. The van der Waals surface area contributed by atoms with Gasteiger partial charge in [-0.2, -0.15) is 5.26 Å². The van der Waals surface area contributed by atoms with E-state index in [1.165, 1.54) is 31.2 Å². The Morgan fingerprint density at radius 1 is 1.12 bits per heavy atom. The molecular formula is C26H32N6O. The van der Waals surface area contributed by atoms with Crippen LogP contribution in [-0.4, -0.2) is 58.5 Å². The number of urea groups is 1. The highest BCUT2D eigenvalue weighted by molar-refractivity contribution is 5.94. The number of aromatic nitrogens is 2. The Kier molecular flexibility index (Phi) is 5.57. The Morgan fingerprint density at radius 2 is 1.85 bits per heavy atom. The minimum atomic E-state index is -0.196. The van der Waals surface area contributed by atoms with Crippen molar-refractivity contribution in [1.29, 1.82) is 5.26 Å². The first kappa shape index (κ1) is 21.8. The van der Waals surface area contributed by atoms with Crippen LogP contribution in [0.5, 0.6) is 0 Å². The number of rotatable bonds is 5. The van der Waals surface area contributed by atoms with Crippen LogP contribution in [0.3, 0.4) is 0 Å². The van der Waals surface area contributed by atoms with Crippen molar-refractivity contribution in [2.75, 3.05) is 32.1 Å². The van der Waals surface area contributed by atoms with E-state index in [1.54, 1.807) is 11.0 Å². The number of anilines is 1. The third-order valence-corrected chi connectivity index (χ3v) is 8.37. The van der Waals surface area contributed by atoms with Gasteiger partial charge in [0.2, 0.25) is 0 Å². The summed E-state index contributed by atoms with van der Waals surface area (Å²) in [5.41, 5.74) is 1.43. The van der Waals surface area contributed by atoms with Gasteiger partial charge >= 0.3 is 6.03 Å². The normalized spacial score (nSPS) is 27.8. The van der Waals surface area contributed by atoms with Crippen LogP contribution < -0.4 is 4.90 Å². The summed E-state index contributed by atoms with van der Waals surface area (Å²) in [6, 6.07) is 14.5. The third-order valence-electron chi connectivity index (χ3n) is 8.37. The van der Waals surface area contributed by atoms with Crippen molar-refractivity contribution < 1.29 is 4.79 Å². The fourth-order valence-corrected chi connectivity index (χ4v) is 6.04. The second-order valence-electron chi connectivity index (χ2n) is 10.2. The number of hydrogen-bond acceptors (Lipinski definition) is 5. The summed E-state index contributed by atoms with van der Waals surface area (Å²) >= 11 is 0. The van der Waals surface area contributed by atoms with Crippen LogP contribution in [0.15, 0.2) is 42.7 Å². The quantitative estimate of drug-likeness (QED) is 0.692. The zero-order valence-corrected chi connectivity index (χ0v) is 19.6. The van der Waals surface area contributed by atoms with Crippen molar-refractivity contribution in [2.24, 2.45) is 5.92 Å². The lowest BCUT2D eigenvalue weighted by Gasteiger charge is -2.51. The molecule has 2 amide bonds. The van der Waals surface area contributed by atoms with Gasteiger partial charge in [0, 0.05) is 18.2 Å². The molecule has 1 saturated heterocycles. The molecule has 3 fully saturated rings. The Labute approximate surface area is 196 Å². The fourth-order valence-electron chi connectivity index (χ4n) is 6.04. The van der Waals surface area contributed by atoms with E-state index in [1.807, 2.05) is 0 Å². The minimum absolute atomic E-state index is 0.0198. The van der Waals surface area contributed by atoms with E-state index in [0.29, 0.717) is 24.0 Å². The number of hydrogen-bond donors (Lipinski definition) is 0. The van der Waals surface area contributed by atoms with Crippen LogP contribution in [0.4, 0.5) is 10.6 Å². The Balaban J connectivity index is 1.46. The molecule has 0 bridgehead atoms. The second-order valence-corrected chi connectivity index (χ2v) is 10.2. The molecule has 0 atom stereocenters. The molecule has 2 aromatic rings. The molecule has 2 aliphatic carbocycles. The van der Waals surface area contributed by atoms with Gasteiger partial charge in [-0.3, -0.25) is 9.80 Å². The molecule has 0 radical (unpaired) electrons. The number of nitriles is 1. The Morgan fingerprint density at radius 3 is 2.45 bits per heavy atom. The van der Waals surface area contributed by atoms with E-state index in [2.05, 4.69) is 70.3 Å². The van der Waals surface area contributed by atoms with Gasteiger partial charge in [-0.15, -0.1) is 0 Å².